The molecule has 0 spiro atoms. The molecular formula is C9H19NO6S. The van der Waals surface area contributed by atoms with Crippen LogP contribution in [0.4, 0.5) is 0 Å². The van der Waals surface area contributed by atoms with Gasteiger partial charge in [-0.25, -0.2) is 8.42 Å². The number of hydrogen-bond donors (Lipinski definition) is 2. The van der Waals surface area contributed by atoms with E-state index >= 15 is 0 Å². The summed E-state index contributed by atoms with van der Waals surface area (Å²) in [6.07, 6.45) is 0.185. The largest absolute Gasteiger partial charge is 0.469 e. The molecule has 0 aromatic rings. The standard InChI is InChI=1S/C9H19NO6S/c1-16-9(13)3-2-8-17(14,15)10(4-6-11)5-7-12/h11-12H,2-8H2,1H3. The summed E-state index contributed by atoms with van der Waals surface area (Å²) in [4.78, 5) is 10.8. The molecule has 0 rings (SSSR count). The lowest BCUT2D eigenvalue weighted by molar-refractivity contribution is -0.140. The van der Waals surface area contributed by atoms with Gasteiger partial charge in [0.15, 0.2) is 0 Å². The highest BCUT2D eigenvalue weighted by Gasteiger charge is 2.20. The van der Waals surface area contributed by atoms with E-state index in [1.54, 1.807) is 0 Å². The van der Waals surface area contributed by atoms with E-state index in [1.165, 1.54) is 7.11 Å². The van der Waals surface area contributed by atoms with Crippen LogP contribution in [0, 0.1) is 0 Å². The van der Waals surface area contributed by atoms with Crippen molar-refractivity contribution in [3.63, 3.8) is 0 Å². The monoisotopic (exact) mass is 269 g/mol. The summed E-state index contributed by atoms with van der Waals surface area (Å²) in [6.45, 7) is -0.727. The minimum atomic E-state index is -3.55. The minimum absolute atomic E-state index is 0.0296. The van der Waals surface area contributed by atoms with Gasteiger partial charge in [0.05, 0.1) is 26.1 Å². The normalized spacial score (nSPS) is 11.8. The van der Waals surface area contributed by atoms with Crippen LogP contribution in [0.25, 0.3) is 0 Å². The highest BCUT2D eigenvalue weighted by Crippen LogP contribution is 2.05. The molecule has 0 aromatic carbocycles. The van der Waals surface area contributed by atoms with Crippen molar-refractivity contribution < 1.29 is 28.2 Å². The molecule has 0 heterocycles. The van der Waals surface area contributed by atoms with E-state index in [1.807, 2.05) is 0 Å². The summed E-state index contributed by atoms with van der Waals surface area (Å²) >= 11 is 0. The first-order chi connectivity index (χ1) is 7.97. The Balaban J connectivity index is 4.27. The van der Waals surface area contributed by atoms with Crippen molar-refractivity contribution in [2.24, 2.45) is 0 Å². The van der Waals surface area contributed by atoms with Gasteiger partial charge in [0.1, 0.15) is 0 Å². The van der Waals surface area contributed by atoms with Gasteiger partial charge < -0.3 is 14.9 Å². The molecule has 0 aliphatic rings. The van der Waals surface area contributed by atoms with Crippen molar-refractivity contribution >= 4 is 16.0 Å². The predicted octanol–water partition coefficient (Wildman–Crippen LogP) is -1.44. The third kappa shape index (κ3) is 6.57. The summed E-state index contributed by atoms with van der Waals surface area (Å²) in [7, 11) is -2.31. The maximum absolute atomic E-state index is 11.7. The predicted molar refractivity (Wildman–Crippen MR) is 60.8 cm³/mol. The Labute approximate surface area is 101 Å². The number of esters is 1. The Kier molecular flexibility index (Phi) is 8.05. The Bertz CT molecular complexity index is 309. The maximum atomic E-state index is 11.7. The second-order valence-corrected chi connectivity index (χ2v) is 5.43. The molecule has 17 heavy (non-hydrogen) atoms. The molecule has 0 radical (unpaired) electrons. The zero-order chi connectivity index (χ0) is 13.3. The topological polar surface area (TPSA) is 104 Å². The molecule has 0 atom stereocenters. The van der Waals surface area contributed by atoms with E-state index in [2.05, 4.69) is 4.74 Å². The molecule has 0 amide bonds. The van der Waals surface area contributed by atoms with Gasteiger partial charge in [-0.05, 0) is 6.42 Å². The molecule has 0 aliphatic carbocycles. The highest BCUT2D eigenvalue weighted by atomic mass is 32.2. The van der Waals surface area contributed by atoms with Gasteiger partial charge in [0, 0.05) is 19.5 Å². The summed E-state index contributed by atoms with van der Waals surface area (Å²) < 4.78 is 28.9. The number of nitrogens with zero attached hydrogens (tertiary/aromatic N) is 1. The fourth-order valence-corrected chi connectivity index (χ4v) is 2.73. The summed E-state index contributed by atoms with van der Waals surface area (Å²) in [5.41, 5.74) is 0. The molecule has 0 saturated carbocycles. The van der Waals surface area contributed by atoms with Crippen LogP contribution < -0.4 is 0 Å². The van der Waals surface area contributed by atoms with Crippen LogP contribution >= 0.6 is 0 Å². The van der Waals surface area contributed by atoms with E-state index < -0.39 is 16.0 Å². The molecule has 7 nitrogen and oxygen atoms in total. The van der Waals surface area contributed by atoms with Gasteiger partial charge in [0.2, 0.25) is 10.0 Å². The van der Waals surface area contributed by atoms with E-state index in [4.69, 9.17) is 10.2 Å². The molecule has 2 N–H and O–H groups in total. The molecule has 0 fully saturated rings. The number of aliphatic hydroxyl groups excluding tert-OH is 2. The fraction of sp³-hybridized carbons (Fsp3) is 0.889. The number of methoxy groups -OCH3 is 1. The second-order valence-electron chi connectivity index (χ2n) is 3.34. The van der Waals surface area contributed by atoms with Crippen LogP contribution in [0.15, 0.2) is 0 Å². The highest BCUT2D eigenvalue weighted by molar-refractivity contribution is 7.89. The van der Waals surface area contributed by atoms with Crippen molar-refractivity contribution in [1.29, 1.82) is 0 Å². The average Bonchev–Trinajstić information content (AvgIpc) is 2.28. The molecule has 0 unspecified atom stereocenters. The van der Waals surface area contributed by atoms with E-state index in [0.29, 0.717) is 0 Å². The number of hydrogen-bond acceptors (Lipinski definition) is 6. The lowest BCUT2D eigenvalue weighted by atomic mass is 10.3. The number of carbonyl (C=O) groups is 1. The smallest absolute Gasteiger partial charge is 0.305 e. The first-order valence-electron chi connectivity index (χ1n) is 5.24. The molecule has 8 heteroatoms. The van der Waals surface area contributed by atoms with Crippen molar-refractivity contribution in [2.45, 2.75) is 12.8 Å². The summed E-state index contributed by atoms with van der Waals surface area (Å²) in [5, 5.41) is 17.4. The van der Waals surface area contributed by atoms with E-state index in [-0.39, 0.29) is 44.9 Å². The zero-order valence-corrected chi connectivity index (χ0v) is 10.6. The Morgan fingerprint density at radius 1 is 1.24 bits per heavy atom. The lowest BCUT2D eigenvalue weighted by Crippen LogP contribution is -2.37. The number of carbonyl (C=O) groups excluding carboxylic acids is 1. The molecule has 0 aromatic heterocycles. The van der Waals surface area contributed by atoms with Gasteiger partial charge in [-0.15, -0.1) is 0 Å². The summed E-state index contributed by atoms with van der Waals surface area (Å²) in [5.74, 6) is -0.668. The molecule has 0 saturated heterocycles. The van der Waals surface area contributed by atoms with Crippen molar-refractivity contribution in [1.82, 2.24) is 4.31 Å². The lowest BCUT2D eigenvalue weighted by Gasteiger charge is -2.19. The van der Waals surface area contributed by atoms with Crippen LogP contribution in [0.3, 0.4) is 0 Å². The quantitative estimate of drug-likeness (QED) is 0.497. The Morgan fingerprint density at radius 2 is 1.76 bits per heavy atom. The van der Waals surface area contributed by atoms with Gasteiger partial charge >= 0.3 is 5.97 Å². The number of aliphatic hydroxyl groups is 2. The van der Waals surface area contributed by atoms with Crippen molar-refractivity contribution in [3.05, 3.63) is 0 Å². The maximum Gasteiger partial charge on any atom is 0.305 e. The molecule has 0 aliphatic heterocycles. The molecule has 102 valence electrons. The zero-order valence-electron chi connectivity index (χ0n) is 9.83. The SMILES string of the molecule is COC(=O)CCCS(=O)(=O)N(CCO)CCO. The molecule has 0 bridgehead atoms. The van der Waals surface area contributed by atoms with Crippen LogP contribution in [-0.2, 0) is 19.6 Å². The first kappa shape index (κ1) is 16.3. The Hall–Kier alpha value is -0.700. The van der Waals surface area contributed by atoms with Gasteiger partial charge in [-0.2, -0.15) is 4.31 Å². The molecular weight excluding hydrogens is 250 g/mol. The fourth-order valence-electron chi connectivity index (χ4n) is 1.24. The van der Waals surface area contributed by atoms with Gasteiger partial charge in [-0.1, -0.05) is 0 Å². The van der Waals surface area contributed by atoms with Crippen molar-refractivity contribution in [3.8, 4) is 0 Å². The van der Waals surface area contributed by atoms with Crippen LogP contribution in [0.1, 0.15) is 12.8 Å². The first-order valence-corrected chi connectivity index (χ1v) is 6.85. The second kappa shape index (κ2) is 8.40. The number of ether oxygens (including phenoxy) is 1. The Morgan fingerprint density at radius 3 is 2.18 bits per heavy atom. The van der Waals surface area contributed by atoms with E-state index in [0.717, 1.165) is 4.31 Å². The van der Waals surface area contributed by atoms with Gasteiger partial charge in [0.25, 0.3) is 0 Å². The van der Waals surface area contributed by atoms with Crippen molar-refractivity contribution in [2.75, 3.05) is 39.2 Å². The van der Waals surface area contributed by atoms with E-state index in [9.17, 15) is 13.2 Å². The van der Waals surface area contributed by atoms with Crippen LogP contribution in [0.2, 0.25) is 0 Å². The third-order valence-electron chi connectivity index (χ3n) is 2.10. The third-order valence-corrected chi connectivity index (χ3v) is 4.06. The number of rotatable bonds is 9. The van der Waals surface area contributed by atoms with Gasteiger partial charge in [-0.3, -0.25) is 4.79 Å². The number of sulfonamides is 1. The van der Waals surface area contributed by atoms with Crippen LogP contribution in [0.5, 0.6) is 0 Å². The average molecular weight is 269 g/mol. The summed E-state index contributed by atoms with van der Waals surface area (Å²) in [6, 6.07) is 0. The van der Waals surface area contributed by atoms with Crippen LogP contribution in [-0.4, -0.2) is 68.1 Å². The minimum Gasteiger partial charge on any atom is -0.469 e.